The Kier molecular flexibility index (Phi) is 4.38. The number of aliphatic hydroxyl groups is 1. The van der Waals surface area contributed by atoms with Crippen molar-refractivity contribution in [1.29, 1.82) is 0 Å². The first-order valence-corrected chi connectivity index (χ1v) is 6.84. The van der Waals surface area contributed by atoms with Gasteiger partial charge in [-0.3, -0.25) is 4.79 Å². The van der Waals surface area contributed by atoms with Crippen LogP contribution in [-0.4, -0.2) is 23.7 Å². The zero-order valence-corrected chi connectivity index (χ0v) is 11.5. The van der Waals surface area contributed by atoms with Crippen LogP contribution in [0.5, 0.6) is 0 Å². The minimum Gasteiger partial charge on any atom is -0.392 e. The molecule has 1 fully saturated rings. The second-order valence-electron chi connectivity index (χ2n) is 5.70. The summed E-state index contributed by atoms with van der Waals surface area (Å²) in [5.41, 5.74) is -0.712. The van der Waals surface area contributed by atoms with Crippen LogP contribution in [0.25, 0.3) is 0 Å². The summed E-state index contributed by atoms with van der Waals surface area (Å²) in [7, 11) is 0. The molecule has 2 rings (SSSR count). The average molecular weight is 283 g/mol. The van der Waals surface area contributed by atoms with Gasteiger partial charge >= 0.3 is 0 Å². The van der Waals surface area contributed by atoms with Crippen LogP contribution >= 0.6 is 0 Å². The maximum atomic E-state index is 13.5. The number of hydrogen-bond acceptors (Lipinski definition) is 2. The summed E-state index contributed by atoms with van der Waals surface area (Å²) in [5, 5.41) is 12.6. The molecule has 0 radical (unpaired) electrons. The molecule has 1 aliphatic rings. The first-order valence-electron chi connectivity index (χ1n) is 6.84. The summed E-state index contributed by atoms with van der Waals surface area (Å²) in [6, 6.07) is 3.51. The van der Waals surface area contributed by atoms with Gasteiger partial charge < -0.3 is 10.4 Å². The topological polar surface area (TPSA) is 49.3 Å². The molecule has 20 heavy (non-hydrogen) atoms. The van der Waals surface area contributed by atoms with Crippen LogP contribution in [0.1, 0.15) is 43.0 Å². The van der Waals surface area contributed by atoms with E-state index < -0.39 is 29.1 Å². The fourth-order valence-electron chi connectivity index (χ4n) is 2.64. The third kappa shape index (κ3) is 2.98. The van der Waals surface area contributed by atoms with Gasteiger partial charge in [-0.2, -0.15) is 0 Å². The molecule has 0 aromatic heterocycles. The van der Waals surface area contributed by atoms with Gasteiger partial charge in [-0.05, 0) is 25.0 Å². The fraction of sp³-hybridized carbons (Fsp3) is 0.533. The van der Waals surface area contributed by atoms with Crippen LogP contribution in [0, 0.1) is 17.0 Å². The predicted octanol–water partition coefficient (Wildman–Crippen LogP) is 2.64. The molecule has 0 saturated heterocycles. The van der Waals surface area contributed by atoms with Crippen LogP contribution in [0.3, 0.4) is 0 Å². The Labute approximate surface area is 117 Å². The minimum atomic E-state index is -1.14. The van der Waals surface area contributed by atoms with E-state index in [1.807, 2.05) is 6.92 Å². The largest absolute Gasteiger partial charge is 0.392 e. The zero-order chi connectivity index (χ0) is 14.8. The number of rotatable bonds is 3. The summed E-state index contributed by atoms with van der Waals surface area (Å²) in [6.45, 7) is 2.15. The Morgan fingerprint density at radius 1 is 1.45 bits per heavy atom. The van der Waals surface area contributed by atoms with E-state index in [2.05, 4.69) is 5.32 Å². The molecule has 0 spiro atoms. The summed E-state index contributed by atoms with van der Waals surface area (Å²) in [5.74, 6) is -2.83. The van der Waals surface area contributed by atoms with Gasteiger partial charge in [-0.1, -0.05) is 25.8 Å². The summed E-state index contributed by atoms with van der Waals surface area (Å²) >= 11 is 0. The highest BCUT2D eigenvalue weighted by Gasteiger charge is 2.35. The van der Waals surface area contributed by atoms with Gasteiger partial charge in [0.05, 0.1) is 11.7 Å². The lowest BCUT2D eigenvalue weighted by atomic mass is 9.73. The predicted molar refractivity (Wildman–Crippen MR) is 71.3 cm³/mol. The van der Waals surface area contributed by atoms with Crippen molar-refractivity contribution in [2.45, 2.75) is 38.7 Å². The Bertz CT molecular complexity index is 507. The molecular formula is C15H19F2NO2. The number of nitrogens with one attached hydrogen (secondary N) is 1. The van der Waals surface area contributed by atoms with Gasteiger partial charge in [0.25, 0.3) is 5.91 Å². The van der Waals surface area contributed by atoms with Crippen molar-refractivity contribution in [3.8, 4) is 0 Å². The van der Waals surface area contributed by atoms with Gasteiger partial charge in [0, 0.05) is 12.0 Å². The van der Waals surface area contributed by atoms with E-state index in [9.17, 15) is 18.7 Å². The van der Waals surface area contributed by atoms with Crippen LogP contribution < -0.4 is 5.32 Å². The molecule has 0 aliphatic heterocycles. The molecule has 0 bridgehead atoms. The number of hydrogen-bond donors (Lipinski definition) is 2. The van der Waals surface area contributed by atoms with Crippen molar-refractivity contribution in [3.63, 3.8) is 0 Å². The summed E-state index contributed by atoms with van der Waals surface area (Å²) < 4.78 is 26.6. The lowest BCUT2D eigenvalue weighted by Gasteiger charge is -2.38. The standard InChI is InChI=1S/C15H19F2NO2/c1-15(8-3-2-7-12(15)19)9-18-14(20)10-5-4-6-11(16)13(10)17/h4-6,12,19H,2-3,7-9H2,1H3,(H,18,20). The highest BCUT2D eigenvalue weighted by Crippen LogP contribution is 2.35. The molecule has 3 nitrogen and oxygen atoms in total. The van der Waals surface area contributed by atoms with Crippen LogP contribution in [0.15, 0.2) is 18.2 Å². The van der Waals surface area contributed by atoms with Gasteiger partial charge in [0.1, 0.15) is 0 Å². The lowest BCUT2D eigenvalue weighted by molar-refractivity contribution is 0.00188. The maximum absolute atomic E-state index is 13.5. The fourth-order valence-corrected chi connectivity index (χ4v) is 2.64. The molecule has 0 heterocycles. The number of amides is 1. The summed E-state index contributed by atoms with van der Waals surface area (Å²) in [6.07, 6.45) is 3.01. The monoisotopic (exact) mass is 283 g/mol. The van der Waals surface area contributed by atoms with E-state index >= 15 is 0 Å². The molecule has 110 valence electrons. The SMILES string of the molecule is CC1(CNC(=O)c2cccc(F)c2F)CCCCC1O. The molecule has 1 aliphatic carbocycles. The molecule has 2 N–H and O–H groups in total. The second kappa shape index (κ2) is 5.87. The van der Waals surface area contributed by atoms with Gasteiger partial charge in [-0.15, -0.1) is 0 Å². The number of benzene rings is 1. The van der Waals surface area contributed by atoms with Crippen molar-refractivity contribution >= 4 is 5.91 Å². The van der Waals surface area contributed by atoms with E-state index in [4.69, 9.17) is 0 Å². The average Bonchev–Trinajstić information content (AvgIpc) is 2.43. The van der Waals surface area contributed by atoms with E-state index in [-0.39, 0.29) is 12.1 Å². The first kappa shape index (κ1) is 14.9. The van der Waals surface area contributed by atoms with E-state index in [1.54, 1.807) is 0 Å². The molecule has 1 aromatic rings. The molecule has 2 atom stereocenters. The molecule has 1 amide bonds. The normalized spacial score (nSPS) is 26.3. The zero-order valence-electron chi connectivity index (χ0n) is 11.5. The highest BCUT2D eigenvalue weighted by molar-refractivity contribution is 5.94. The van der Waals surface area contributed by atoms with E-state index in [0.717, 1.165) is 25.3 Å². The Morgan fingerprint density at radius 2 is 2.20 bits per heavy atom. The first-order chi connectivity index (χ1) is 9.44. The molecule has 1 aromatic carbocycles. The third-order valence-electron chi connectivity index (χ3n) is 4.13. The Hall–Kier alpha value is -1.49. The van der Waals surface area contributed by atoms with Crippen molar-refractivity contribution in [2.75, 3.05) is 6.54 Å². The molecule has 5 heteroatoms. The van der Waals surface area contributed by atoms with Crippen molar-refractivity contribution in [3.05, 3.63) is 35.4 Å². The third-order valence-corrected chi connectivity index (χ3v) is 4.13. The van der Waals surface area contributed by atoms with Crippen LogP contribution in [-0.2, 0) is 0 Å². The van der Waals surface area contributed by atoms with Crippen LogP contribution in [0.2, 0.25) is 0 Å². The lowest BCUT2D eigenvalue weighted by Crippen LogP contribution is -2.45. The Balaban J connectivity index is 2.03. The number of halogens is 2. The van der Waals surface area contributed by atoms with Gasteiger partial charge in [-0.25, -0.2) is 8.78 Å². The highest BCUT2D eigenvalue weighted by atomic mass is 19.2. The molecule has 1 saturated carbocycles. The van der Waals surface area contributed by atoms with Gasteiger partial charge in [0.2, 0.25) is 0 Å². The number of carbonyl (C=O) groups excluding carboxylic acids is 1. The van der Waals surface area contributed by atoms with E-state index in [1.165, 1.54) is 12.1 Å². The van der Waals surface area contributed by atoms with Crippen molar-refractivity contribution in [1.82, 2.24) is 5.32 Å². The van der Waals surface area contributed by atoms with Crippen molar-refractivity contribution < 1.29 is 18.7 Å². The second-order valence-corrected chi connectivity index (χ2v) is 5.70. The molecule has 2 unspecified atom stereocenters. The smallest absolute Gasteiger partial charge is 0.254 e. The minimum absolute atomic E-state index is 0.253. The maximum Gasteiger partial charge on any atom is 0.254 e. The van der Waals surface area contributed by atoms with Gasteiger partial charge in [0.15, 0.2) is 11.6 Å². The summed E-state index contributed by atoms with van der Waals surface area (Å²) in [4.78, 5) is 11.9. The number of aliphatic hydroxyl groups excluding tert-OH is 1. The molecular weight excluding hydrogens is 264 g/mol. The Morgan fingerprint density at radius 3 is 2.90 bits per heavy atom. The van der Waals surface area contributed by atoms with Crippen LogP contribution in [0.4, 0.5) is 8.78 Å². The quantitative estimate of drug-likeness (QED) is 0.896. The number of carbonyl (C=O) groups is 1. The van der Waals surface area contributed by atoms with E-state index in [0.29, 0.717) is 6.42 Å². The van der Waals surface area contributed by atoms with Crippen molar-refractivity contribution in [2.24, 2.45) is 5.41 Å².